The molecule has 0 spiro atoms. The summed E-state index contributed by atoms with van der Waals surface area (Å²) >= 11 is 12.0. The van der Waals surface area contributed by atoms with Crippen molar-refractivity contribution in [2.45, 2.75) is 13.3 Å². The Morgan fingerprint density at radius 2 is 1.71 bits per heavy atom. The number of aryl methyl sites for hydroxylation is 1. The van der Waals surface area contributed by atoms with Gasteiger partial charge in [0.2, 0.25) is 0 Å². The molecule has 3 aromatic rings. The molecule has 1 N–H and O–H groups in total. The maximum Gasteiger partial charge on any atom is 0.335 e. The first kappa shape index (κ1) is 20.9. The van der Waals surface area contributed by atoms with Gasteiger partial charge in [-0.25, -0.2) is 9.69 Å². The molecule has 4 amide bonds. The third-order valence-corrected chi connectivity index (χ3v) is 5.56. The second kappa shape index (κ2) is 8.41. The van der Waals surface area contributed by atoms with E-state index in [-0.39, 0.29) is 11.3 Å². The van der Waals surface area contributed by atoms with Crippen LogP contribution < -0.4 is 10.2 Å². The van der Waals surface area contributed by atoms with Crippen LogP contribution in [0.5, 0.6) is 0 Å². The van der Waals surface area contributed by atoms with Crippen LogP contribution in [0.15, 0.2) is 64.6 Å². The third-order valence-electron chi connectivity index (χ3n) is 4.82. The molecule has 0 bridgehead atoms. The number of furan rings is 1. The van der Waals surface area contributed by atoms with E-state index in [9.17, 15) is 14.4 Å². The number of halogens is 2. The number of amides is 4. The van der Waals surface area contributed by atoms with Crippen molar-refractivity contribution >= 4 is 52.8 Å². The molecule has 0 atom stereocenters. The summed E-state index contributed by atoms with van der Waals surface area (Å²) in [6.07, 6.45) is 2.13. The molecule has 0 aliphatic carbocycles. The molecule has 4 rings (SSSR count). The Labute approximate surface area is 188 Å². The van der Waals surface area contributed by atoms with Crippen LogP contribution in [-0.2, 0) is 16.0 Å². The van der Waals surface area contributed by atoms with Gasteiger partial charge in [0.1, 0.15) is 17.1 Å². The predicted octanol–water partition coefficient (Wildman–Crippen LogP) is 5.48. The lowest BCUT2D eigenvalue weighted by Gasteiger charge is -2.26. The summed E-state index contributed by atoms with van der Waals surface area (Å²) in [7, 11) is 0. The van der Waals surface area contributed by atoms with Crippen molar-refractivity contribution in [2.24, 2.45) is 0 Å². The Morgan fingerprint density at radius 1 is 0.968 bits per heavy atom. The van der Waals surface area contributed by atoms with Crippen molar-refractivity contribution in [1.29, 1.82) is 0 Å². The second-order valence-corrected chi connectivity index (χ2v) is 7.62. The van der Waals surface area contributed by atoms with Crippen molar-refractivity contribution in [3.8, 4) is 11.3 Å². The topological polar surface area (TPSA) is 79.6 Å². The number of benzene rings is 2. The quantitative estimate of drug-likeness (QED) is 0.417. The number of nitrogens with zero attached hydrogens (tertiary/aromatic N) is 1. The zero-order valence-electron chi connectivity index (χ0n) is 16.3. The van der Waals surface area contributed by atoms with Crippen molar-refractivity contribution in [1.82, 2.24) is 5.32 Å². The van der Waals surface area contributed by atoms with E-state index < -0.39 is 17.8 Å². The number of rotatable bonds is 4. The Morgan fingerprint density at radius 3 is 2.39 bits per heavy atom. The van der Waals surface area contributed by atoms with Crippen LogP contribution in [0.2, 0.25) is 10.0 Å². The SMILES string of the molecule is CCc1ccc(N2C(=O)NC(=O)C(=Cc3ccc(-c4ccc(Cl)c(Cl)c4)o3)C2=O)cc1. The van der Waals surface area contributed by atoms with Crippen LogP contribution in [0.4, 0.5) is 10.5 Å². The summed E-state index contributed by atoms with van der Waals surface area (Å²) < 4.78 is 5.75. The van der Waals surface area contributed by atoms with Crippen LogP contribution in [0.25, 0.3) is 17.4 Å². The number of carbonyl (C=O) groups excluding carboxylic acids is 3. The van der Waals surface area contributed by atoms with Crippen LogP contribution in [-0.4, -0.2) is 17.8 Å². The van der Waals surface area contributed by atoms with Gasteiger partial charge in [-0.3, -0.25) is 14.9 Å². The fourth-order valence-electron chi connectivity index (χ4n) is 3.15. The number of hydrogen-bond donors (Lipinski definition) is 1. The van der Waals surface area contributed by atoms with Gasteiger partial charge in [-0.2, -0.15) is 0 Å². The maximum atomic E-state index is 13.0. The third kappa shape index (κ3) is 4.13. The van der Waals surface area contributed by atoms with E-state index in [1.807, 2.05) is 19.1 Å². The average molecular weight is 455 g/mol. The number of carbonyl (C=O) groups is 3. The summed E-state index contributed by atoms with van der Waals surface area (Å²) in [6, 6.07) is 14.5. The molecule has 1 aromatic heterocycles. The van der Waals surface area contributed by atoms with Gasteiger partial charge in [0.25, 0.3) is 11.8 Å². The first-order chi connectivity index (χ1) is 14.9. The number of barbiturate groups is 1. The summed E-state index contributed by atoms with van der Waals surface area (Å²) in [6.45, 7) is 2.00. The molecule has 1 saturated heterocycles. The van der Waals surface area contributed by atoms with Gasteiger partial charge < -0.3 is 4.42 Å². The first-order valence-electron chi connectivity index (χ1n) is 9.43. The van der Waals surface area contributed by atoms with Crippen molar-refractivity contribution < 1.29 is 18.8 Å². The zero-order valence-corrected chi connectivity index (χ0v) is 17.8. The van der Waals surface area contributed by atoms with Crippen LogP contribution in [0, 0.1) is 0 Å². The van der Waals surface area contributed by atoms with Gasteiger partial charge in [0.05, 0.1) is 15.7 Å². The van der Waals surface area contributed by atoms with Crippen molar-refractivity contribution in [3.05, 3.63) is 81.5 Å². The predicted molar refractivity (Wildman–Crippen MR) is 119 cm³/mol. The highest BCUT2D eigenvalue weighted by atomic mass is 35.5. The van der Waals surface area contributed by atoms with E-state index in [2.05, 4.69) is 5.32 Å². The van der Waals surface area contributed by atoms with E-state index in [1.165, 1.54) is 6.08 Å². The fourth-order valence-corrected chi connectivity index (χ4v) is 3.45. The maximum absolute atomic E-state index is 13.0. The molecule has 0 radical (unpaired) electrons. The van der Waals surface area contributed by atoms with Crippen LogP contribution >= 0.6 is 23.2 Å². The first-order valence-corrected chi connectivity index (χ1v) is 10.2. The van der Waals surface area contributed by atoms with E-state index in [1.54, 1.807) is 42.5 Å². The summed E-state index contributed by atoms with van der Waals surface area (Å²) in [5, 5.41) is 2.99. The van der Waals surface area contributed by atoms with Gasteiger partial charge in [-0.15, -0.1) is 0 Å². The molecule has 6 nitrogen and oxygen atoms in total. The minimum Gasteiger partial charge on any atom is -0.457 e. The highest BCUT2D eigenvalue weighted by Gasteiger charge is 2.37. The molecule has 1 fully saturated rings. The van der Waals surface area contributed by atoms with Gasteiger partial charge in [0.15, 0.2) is 0 Å². The lowest BCUT2D eigenvalue weighted by atomic mass is 10.1. The minimum atomic E-state index is -0.799. The number of imide groups is 2. The van der Waals surface area contributed by atoms with Crippen molar-refractivity contribution in [3.63, 3.8) is 0 Å². The molecule has 0 saturated carbocycles. The smallest absolute Gasteiger partial charge is 0.335 e. The summed E-state index contributed by atoms with van der Waals surface area (Å²) in [4.78, 5) is 38.5. The lowest BCUT2D eigenvalue weighted by molar-refractivity contribution is -0.122. The lowest BCUT2D eigenvalue weighted by Crippen LogP contribution is -2.54. The van der Waals surface area contributed by atoms with Gasteiger partial charge >= 0.3 is 6.03 Å². The van der Waals surface area contributed by atoms with Gasteiger partial charge in [0, 0.05) is 5.56 Å². The molecular formula is C23H16Cl2N2O4. The minimum absolute atomic E-state index is 0.214. The number of anilines is 1. The van der Waals surface area contributed by atoms with Crippen LogP contribution in [0.1, 0.15) is 18.2 Å². The Kier molecular flexibility index (Phi) is 5.67. The molecule has 156 valence electrons. The van der Waals surface area contributed by atoms with E-state index in [0.717, 1.165) is 16.9 Å². The fraction of sp³-hybridized carbons (Fsp3) is 0.0870. The normalized spacial score (nSPS) is 15.5. The Bertz CT molecular complexity index is 1230. The van der Waals surface area contributed by atoms with Gasteiger partial charge in [-0.05, 0) is 60.5 Å². The monoisotopic (exact) mass is 454 g/mol. The molecule has 8 heteroatoms. The number of hydrogen-bond acceptors (Lipinski definition) is 4. The molecule has 0 unspecified atom stereocenters. The average Bonchev–Trinajstić information content (AvgIpc) is 3.22. The van der Waals surface area contributed by atoms with Crippen LogP contribution in [0.3, 0.4) is 0 Å². The Balaban J connectivity index is 1.65. The molecule has 1 aliphatic heterocycles. The zero-order chi connectivity index (χ0) is 22.1. The van der Waals surface area contributed by atoms with E-state index in [4.69, 9.17) is 27.6 Å². The molecule has 2 heterocycles. The highest BCUT2D eigenvalue weighted by molar-refractivity contribution is 6.42. The van der Waals surface area contributed by atoms with Crippen molar-refractivity contribution in [2.75, 3.05) is 4.90 Å². The molecule has 31 heavy (non-hydrogen) atoms. The highest BCUT2D eigenvalue weighted by Crippen LogP contribution is 2.30. The number of nitrogens with one attached hydrogen (secondary N) is 1. The van der Waals surface area contributed by atoms with E-state index >= 15 is 0 Å². The standard InChI is InChI=1S/C23H16Cl2N2O4/c1-2-13-3-6-15(7-4-13)27-22(29)17(21(28)26-23(27)30)12-16-8-10-20(31-16)14-5-9-18(24)19(25)11-14/h3-12H,2H2,1H3,(H,26,28,30). The number of urea groups is 1. The molecule has 1 aliphatic rings. The summed E-state index contributed by atoms with van der Waals surface area (Å²) in [5.41, 5.74) is 1.90. The largest absolute Gasteiger partial charge is 0.457 e. The van der Waals surface area contributed by atoms with E-state index in [0.29, 0.717) is 27.1 Å². The van der Waals surface area contributed by atoms with Gasteiger partial charge in [-0.1, -0.05) is 42.3 Å². The Hall–Kier alpha value is -3.35. The summed E-state index contributed by atoms with van der Waals surface area (Å²) in [5.74, 6) is -0.762. The molecular weight excluding hydrogens is 439 g/mol. The molecule has 2 aromatic carbocycles. The second-order valence-electron chi connectivity index (χ2n) is 6.81.